The molecule has 2 fully saturated rings. The molecule has 1 N–H and O–H groups in total. The highest BCUT2D eigenvalue weighted by atomic mass is 32.2. The van der Waals surface area contributed by atoms with E-state index in [2.05, 4.69) is 5.32 Å². The highest BCUT2D eigenvalue weighted by Crippen LogP contribution is 2.48. The van der Waals surface area contributed by atoms with E-state index in [9.17, 15) is 9.00 Å². The summed E-state index contributed by atoms with van der Waals surface area (Å²) in [6.45, 7) is 0.507. The molecule has 1 amide bonds. The van der Waals surface area contributed by atoms with Crippen LogP contribution in [0.5, 0.6) is 0 Å². The van der Waals surface area contributed by atoms with Crippen LogP contribution in [0.25, 0.3) is 0 Å². The highest BCUT2D eigenvalue weighted by molar-refractivity contribution is 7.84. The van der Waals surface area contributed by atoms with Gasteiger partial charge in [0.25, 0.3) is 0 Å². The van der Waals surface area contributed by atoms with E-state index in [0.29, 0.717) is 24.0 Å². The molecule has 2 saturated carbocycles. The summed E-state index contributed by atoms with van der Waals surface area (Å²) in [4.78, 5) is 12.5. The number of fused-ring (bicyclic) bond motifs is 2. The first-order chi connectivity index (χ1) is 11.2. The zero-order chi connectivity index (χ0) is 16.2. The topological polar surface area (TPSA) is 55.4 Å². The zero-order valence-electron chi connectivity index (χ0n) is 13.6. The maximum Gasteiger partial charge on any atom is 0.227 e. The summed E-state index contributed by atoms with van der Waals surface area (Å²) in [6, 6.07) is 7.72. The van der Waals surface area contributed by atoms with E-state index in [0.717, 1.165) is 23.6 Å². The van der Waals surface area contributed by atoms with Crippen molar-refractivity contribution < 1.29 is 13.7 Å². The molecule has 0 radical (unpaired) electrons. The van der Waals surface area contributed by atoms with Crippen molar-refractivity contribution in [1.82, 2.24) is 0 Å². The van der Waals surface area contributed by atoms with Crippen molar-refractivity contribution in [3.05, 3.63) is 29.8 Å². The second-order valence-corrected chi connectivity index (χ2v) is 8.33. The van der Waals surface area contributed by atoms with Gasteiger partial charge in [0.15, 0.2) is 0 Å². The minimum Gasteiger partial charge on any atom is -0.384 e. The molecule has 0 saturated heterocycles. The van der Waals surface area contributed by atoms with E-state index in [-0.39, 0.29) is 11.8 Å². The van der Waals surface area contributed by atoms with Gasteiger partial charge in [-0.1, -0.05) is 18.6 Å². The Labute approximate surface area is 140 Å². The zero-order valence-corrected chi connectivity index (χ0v) is 14.4. The van der Waals surface area contributed by atoms with Gasteiger partial charge in [0.2, 0.25) is 5.91 Å². The van der Waals surface area contributed by atoms with Crippen LogP contribution in [0.3, 0.4) is 0 Å². The molecule has 2 aliphatic rings. The molecule has 23 heavy (non-hydrogen) atoms. The van der Waals surface area contributed by atoms with Gasteiger partial charge in [0.05, 0.1) is 6.61 Å². The third-order valence-electron chi connectivity index (χ3n) is 5.11. The van der Waals surface area contributed by atoms with E-state index in [1.807, 2.05) is 24.3 Å². The number of hydrogen-bond acceptors (Lipinski definition) is 3. The van der Waals surface area contributed by atoms with Crippen LogP contribution in [0.15, 0.2) is 24.3 Å². The molecule has 1 aromatic rings. The van der Waals surface area contributed by atoms with E-state index >= 15 is 0 Å². The lowest BCUT2D eigenvalue weighted by molar-refractivity contribution is -0.121. The number of anilines is 1. The second kappa shape index (κ2) is 7.58. The summed E-state index contributed by atoms with van der Waals surface area (Å²) in [7, 11) is 0.681. The molecule has 126 valence electrons. The van der Waals surface area contributed by atoms with E-state index in [1.165, 1.54) is 19.3 Å². The predicted octanol–water partition coefficient (Wildman–Crippen LogP) is 2.96. The number of nitrogens with one attached hydrogen (secondary N) is 1. The van der Waals surface area contributed by atoms with Crippen molar-refractivity contribution in [2.75, 3.05) is 24.8 Å². The number of rotatable bonds is 7. The Hall–Kier alpha value is -1.20. The summed E-state index contributed by atoms with van der Waals surface area (Å²) in [5, 5.41) is 3.06. The lowest BCUT2D eigenvalue weighted by atomic mass is 9.88. The molecule has 0 unspecified atom stereocenters. The Morgan fingerprint density at radius 2 is 2.22 bits per heavy atom. The van der Waals surface area contributed by atoms with Crippen LogP contribution in [0.1, 0.15) is 31.2 Å². The Balaban J connectivity index is 1.57. The van der Waals surface area contributed by atoms with Crippen LogP contribution < -0.4 is 5.32 Å². The van der Waals surface area contributed by atoms with Gasteiger partial charge in [-0.3, -0.25) is 9.00 Å². The summed E-state index contributed by atoms with van der Waals surface area (Å²) < 4.78 is 16.9. The van der Waals surface area contributed by atoms with Gasteiger partial charge in [-0.05, 0) is 48.8 Å². The van der Waals surface area contributed by atoms with Crippen LogP contribution in [0, 0.1) is 17.8 Å². The molecular weight excluding hydrogens is 310 g/mol. The first-order valence-electron chi connectivity index (χ1n) is 8.39. The Bertz CT molecular complexity index is 589. The van der Waals surface area contributed by atoms with Crippen LogP contribution >= 0.6 is 0 Å². The first-order valence-corrected chi connectivity index (χ1v) is 9.88. The maximum atomic E-state index is 12.5. The molecule has 0 aromatic heterocycles. The average Bonchev–Trinajstić information content (AvgIpc) is 3.16. The van der Waals surface area contributed by atoms with Crippen LogP contribution in [0.4, 0.5) is 5.69 Å². The lowest BCUT2D eigenvalue weighted by Crippen LogP contribution is -2.27. The molecule has 1 aromatic carbocycles. The van der Waals surface area contributed by atoms with Crippen molar-refractivity contribution in [3.8, 4) is 0 Å². The fourth-order valence-electron chi connectivity index (χ4n) is 3.97. The van der Waals surface area contributed by atoms with Crippen molar-refractivity contribution in [2.45, 2.75) is 31.4 Å². The normalized spacial score (nSPS) is 27.1. The molecule has 0 aliphatic heterocycles. The molecule has 0 spiro atoms. The molecule has 3 rings (SSSR count). The standard InChI is InChI=1S/C18H25NO3S/c1-22-7-8-23(21)12-14-3-2-4-16(10-14)19-18(20)17-11-13-5-6-15(17)9-13/h2-4,10,13,15,17H,5-9,11-12H2,1H3,(H,19,20)/t13-,15-,17-,23-/m0/s1. The van der Waals surface area contributed by atoms with E-state index in [4.69, 9.17) is 4.74 Å². The first kappa shape index (κ1) is 16.7. The Morgan fingerprint density at radius 3 is 2.91 bits per heavy atom. The van der Waals surface area contributed by atoms with E-state index < -0.39 is 10.8 Å². The number of ether oxygens (including phenoxy) is 1. The molecule has 2 aliphatic carbocycles. The second-order valence-electron chi connectivity index (χ2n) is 6.75. The number of benzene rings is 1. The summed E-state index contributed by atoms with van der Waals surface area (Å²) in [5.41, 5.74) is 1.81. The monoisotopic (exact) mass is 335 g/mol. The summed E-state index contributed by atoms with van der Waals surface area (Å²) >= 11 is 0. The van der Waals surface area contributed by atoms with Crippen molar-refractivity contribution in [2.24, 2.45) is 17.8 Å². The van der Waals surface area contributed by atoms with Gasteiger partial charge in [0, 0.05) is 41.0 Å². The quantitative estimate of drug-likeness (QED) is 0.833. The van der Waals surface area contributed by atoms with Gasteiger partial charge in [-0.15, -0.1) is 0 Å². The number of hydrogen-bond donors (Lipinski definition) is 1. The maximum absolute atomic E-state index is 12.5. The fraction of sp³-hybridized carbons (Fsp3) is 0.611. The van der Waals surface area contributed by atoms with Crippen molar-refractivity contribution >= 4 is 22.4 Å². The number of carbonyl (C=O) groups excluding carboxylic acids is 1. The highest BCUT2D eigenvalue weighted by Gasteiger charge is 2.42. The fourth-order valence-corrected chi connectivity index (χ4v) is 5.02. The van der Waals surface area contributed by atoms with Gasteiger partial charge in [-0.2, -0.15) is 0 Å². The number of carbonyl (C=O) groups is 1. The molecule has 4 atom stereocenters. The molecular formula is C18H25NO3S. The molecule has 2 bridgehead atoms. The van der Waals surface area contributed by atoms with Gasteiger partial charge in [0.1, 0.15) is 0 Å². The SMILES string of the molecule is COCC[S@](=O)Cc1cccc(NC(=O)[C@H]2C[C@H]3CC[C@H]2C3)c1. The smallest absolute Gasteiger partial charge is 0.227 e. The predicted molar refractivity (Wildman–Crippen MR) is 92.6 cm³/mol. The third-order valence-corrected chi connectivity index (χ3v) is 6.39. The minimum absolute atomic E-state index is 0.162. The average molecular weight is 335 g/mol. The molecule has 5 heteroatoms. The van der Waals surface area contributed by atoms with E-state index in [1.54, 1.807) is 7.11 Å². The summed E-state index contributed by atoms with van der Waals surface area (Å²) in [6.07, 6.45) is 4.80. The van der Waals surface area contributed by atoms with Gasteiger partial charge < -0.3 is 10.1 Å². The Morgan fingerprint density at radius 1 is 1.35 bits per heavy atom. The third kappa shape index (κ3) is 4.21. The summed E-state index contributed by atoms with van der Waals surface area (Å²) in [5.74, 6) is 2.75. The van der Waals surface area contributed by atoms with Crippen LogP contribution in [-0.2, 0) is 26.1 Å². The van der Waals surface area contributed by atoms with Gasteiger partial charge in [-0.25, -0.2) is 0 Å². The van der Waals surface area contributed by atoms with Crippen LogP contribution in [0.2, 0.25) is 0 Å². The minimum atomic E-state index is -0.933. The number of methoxy groups -OCH3 is 1. The number of amides is 1. The van der Waals surface area contributed by atoms with Crippen molar-refractivity contribution in [3.63, 3.8) is 0 Å². The largest absolute Gasteiger partial charge is 0.384 e. The Kier molecular flexibility index (Phi) is 5.49. The van der Waals surface area contributed by atoms with Crippen molar-refractivity contribution in [1.29, 1.82) is 0 Å². The lowest BCUT2D eigenvalue weighted by Gasteiger charge is -2.21. The molecule has 4 nitrogen and oxygen atoms in total. The van der Waals surface area contributed by atoms with Crippen LogP contribution in [-0.4, -0.2) is 29.6 Å². The molecule has 0 heterocycles. The van der Waals surface area contributed by atoms with Gasteiger partial charge >= 0.3 is 0 Å².